The largest absolute Gasteiger partial charge is 0.343 e. The number of hydrogen-bond acceptors (Lipinski definition) is 3. The van der Waals surface area contributed by atoms with Gasteiger partial charge in [-0.1, -0.05) is 0 Å². The van der Waals surface area contributed by atoms with Gasteiger partial charge < -0.3 is 14.4 Å². The Bertz CT molecular complexity index is 574. The molecule has 1 aromatic heterocycles. The van der Waals surface area contributed by atoms with E-state index in [1.165, 1.54) is 17.7 Å². The average Bonchev–Trinajstić information content (AvgIpc) is 3.13. The van der Waals surface area contributed by atoms with Gasteiger partial charge in [-0.05, 0) is 25.7 Å². The molecule has 2 amide bonds. The van der Waals surface area contributed by atoms with E-state index in [2.05, 4.69) is 4.98 Å². The van der Waals surface area contributed by atoms with Crippen LogP contribution < -0.4 is 0 Å². The second-order valence-electron chi connectivity index (χ2n) is 6.29. The first-order valence-electron chi connectivity index (χ1n) is 7.55. The summed E-state index contributed by atoms with van der Waals surface area (Å²) in [6, 6.07) is -0.0614. The van der Waals surface area contributed by atoms with Crippen molar-refractivity contribution in [2.24, 2.45) is 5.92 Å². The quantitative estimate of drug-likeness (QED) is 0.843. The minimum absolute atomic E-state index is 0.0614. The molecular formula is C15H22N4O2. The molecule has 1 aliphatic carbocycles. The Labute approximate surface area is 124 Å². The summed E-state index contributed by atoms with van der Waals surface area (Å²) in [5.41, 5.74) is 0.457. The van der Waals surface area contributed by atoms with E-state index in [1.807, 2.05) is 16.4 Å². The summed E-state index contributed by atoms with van der Waals surface area (Å²) in [4.78, 5) is 32.2. The Morgan fingerprint density at radius 1 is 1.33 bits per heavy atom. The predicted octanol–water partition coefficient (Wildman–Crippen LogP) is 1.29. The van der Waals surface area contributed by atoms with Gasteiger partial charge >= 0.3 is 0 Å². The number of carbonyl (C=O) groups is 2. The molecule has 0 spiro atoms. The summed E-state index contributed by atoms with van der Waals surface area (Å²) < 4.78 is 2.00. The molecule has 2 aliphatic rings. The smallest absolute Gasteiger partial charge is 0.273 e. The van der Waals surface area contributed by atoms with Crippen molar-refractivity contribution in [2.75, 3.05) is 20.6 Å². The summed E-state index contributed by atoms with van der Waals surface area (Å²) in [7, 11) is 3.44. The standard InChI is InChI=1S/C15H22N4O2/c1-10-14-16-12(15(21)17(2)3)9-18(14)6-7-19(10)13(20)8-11-4-5-11/h9-11H,4-8H2,1-3H3/t10-/m0/s1. The first-order valence-corrected chi connectivity index (χ1v) is 7.55. The van der Waals surface area contributed by atoms with Crippen LogP contribution in [0.4, 0.5) is 0 Å². The van der Waals surface area contributed by atoms with Crippen molar-refractivity contribution >= 4 is 11.8 Å². The number of imidazole rings is 1. The van der Waals surface area contributed by atoms with Gasteiger partial charge in [-0.2, -0.15) is 0 Å². The van der Waals surface area contributed by atoms with E-state index in [0.717, 1.165) is 5.82 Å². The second-order valence-corrected chi connectivity index (χ2v) is 6.29. The molecule has 1 fully saturated rings. The number of carbonyl (C=O) groups excluding carboxylic acids is 2. The lowest BCUT2D eigenvalue weighted by Gasteiger charge is -2.33. The predicted molar refractivity (Wildman–Crippen MR) is 77.7 cm³/mol. The van der Waals surface area contributed by atoms with Crippen molar-refractivity contribution in [1.82, 2.24) is 19.4 Å². The van der Waals surface area contributed by atoms with Gasteiger partial charge in [-0.15, -0.1) is 0 Å². The minimum atomic E-state index is -0.0973. The molecule has 0 N–H and O–H groups in total. The Balaban J connectivity index is 1.79. The Hall–Kier alpha value is -1.85. The van der Waals surface area contributed by atoms with Crippen molar-refractivity contribution in [1.29, 1.82) is 0 Å². The molecule has 0 bridgehead atoms. The number of rotatable bonds is 3. The maximum absolute atomic E-state index is 12.3. The Morgan fingerprint density at radius 3 is 2.67 bits per heavy atom. The minimum Gasteiger partial charge on any atom is -0.343 e. The number of aromatic nitrogens is 2. The van der Waals surface area contributed by atoms with Crippen LogP contribution >= 0.6 is 0 Å². The normalized spacial score (nSPS) is 21.1. The molecular weight excluding hydrogens is 268 g/mol. The third-order valence-electron chi connectivity index (χ3n) is 4.34. The van der Waals surface area contributed by atoms with Crippen molar-refractivity contribution in [3.63, 3.8) is 0 Å². The van der Waals surface area contributed by atoms with Gasteiger partial charge in [0.25, 0.3) is 5.91 Å². The van der Waals surface area contributed by atoms with E-state index in [-0.39, 0.29) is 17.9 Å². The molecule has 1 aliphatic heterocycles. The Morgan fingerprint density at radius 2 is 2.05 bits per heavy atom. The second kappa shape index (κ2) is 5.16. The fourth-order valence-corrected chi connectivity index (χ4v) is 2.85. The van der Waals surface area contributed by atoms with E-state index in [4.69, 9.17) is 0 Å². The highest BCUT2D eigenvalue weighted by Crippen LogP contribution is 2.34. The van der Waals surface area contributed by atoms with Crippen LogP contribution in [0.3, 0.4) is 0 Å². The van der Waals surface area contributed by atoms with E-state index >= 15 is 0 Å². The zero-order chi connectivity index (χ0) is 15.1. The fraction of sp³-hybridized carbons (Fsp3) is 0.667. The van der Waals surface area contributed by atoms with Gasteiger partial charge in [0, 0.05) is 39.8 Å². The fourth-order valence-electron chi connectivity index (χ4n) is 2.85. The number of fused-ring (bicyclic) bond motifs is 1. The summed E-state index contributed by atoms with van der Waals surface area (Å²) in [6.45, 7) is 3.40. The van der Waals surface area contributed by atoms with Crippen LogP contribution in [-0.4, -0.2) is 51.8 Å². The Kier molecular flexibility index (Phi) is 3.47. The summed E-state index contributed by atoms with van der Waals surface area (Å²) in [6.07, 6.45) is 4.83. The molecule has 114 valence electrons. The van der Waals surface area contributed by atoms with Crippen LogP contribution in [0.2, 0.25) is 0 Å². The van der Waals surface area contributed by atoms with Crippen LogP contribution in [0.15, 0.2) is 6.20 Å². The first kappa shape index (κ1) is 14.1. The van der Waals surface area contributed by atoms with Crippen LogP contribution in [0.5, 0.6) is 0 Å². The summed E-state index contributed by atoms with van der Waals surface area (Å²) >= 11 is 0. The van der Waals surface area contributed by atoms with Gasteiger partial charge in [-0.25, -0.2) is 4.98 Å². The molecule has 1 aromatic rings. The highest BCUT2D eigenvalue weighted by Gasteiger charge is 2.33. The number of nitrogens with zero attached hydrogens (tertiary/aromatic N) is 4. The van der Waals surface area contributed by atoms with E-state index in [0.29, 0.717) is 31.1 Å². The zero-order valence-corrected chi connectivity index (χ0v) is 12.9. The summed E-state index contributed by atoms with van der Waals surface area (Å²) in [5.74, 6) is 1.53. The SMILES string of the molecule is C[C@H]1c2nc(C(=O)N(C)C)cn2CCN1C(=O)CC1CC1. The van der Waals surface area contributed by atoms with Crippen LogP contribution in [0.25, 0.3) is 0 Å². The number of hydrogen-bond donors (Lipinski definition) is 0. The van der Waals surface area contributed by atoms with E-state index < -0.39 is 0 Å². The van der Waals surface area contributed by atoms with Crippen LogP contribution in [0.1, 0.15) is 48.5 Å². The third kappa shape index (κ3) is 2.66. The molecule has 21 heavy (non-hydrogen) atoms. The number of amides is 2. The molecule has 0 aromatic carbocycles. The van der Waals surface area contributed by atoms with Gasteiger partial charge in [0.05, 0.1) is 6.04 Å². The van der Waals surface area contributed by atoms with Gasteiger partial charge in [0.2, 0.25) is 5.91 Å². The molecule has 0 radical (unpaired) electrons. The molecule has 0 saturated heterocycles. The van der Waals surface area contributed by atoms with Crippen molar-refractivity contribution in [3.8, 4) is 0 Å². The van der Waals surface area contributed by atoms with Gasteiger partial charge in [0.1, 0.15) is 11.5 Å². The molecule has 2 heterocycles. The lowest BCUT2D eigenvalue weighted by Crippen LogP contribution is -2.41. The lowest BCUT2D eigenvalue weighted by molar-refractivity contribution is -0.134. The maximum atomic E-state index is 12.3. The molecule has 6 nitrogen and oxygen atoms in total. The van der Waals surface area contributed by atoms with Gasteiger partial charge in [-0.3, -0.25) is 9.59 Å². The van der Waals surface area contributed by atoms with Crippen molar-refractivity contribution in [3.05, 3.63) is 17.7 Å². The third-order valence-corrected chi connectivity index (χ3v) is 4.34. The van der Waals surface area contributed by atoms with E-state index in [9.17, 15) is 9.59 Å². The zero-order valence-electron chi connectivity index (χ0n) is 12.9. The molecule has 0 unspecified atom stereocenters. The average molecular weight is 290 g/mol. The highest BCUT2D eigenvalue weighted by molar-refractivity contribution is 5.91. The first-order chi connectivity index (χ1) is 9.97. The highest BCUT2D eigenvalue weighted by atomic mass is 16.2. The van der Waals surface area contributed by atoms with Crippen LogP contribution in [0, 0.1) is 5.92 Å². The van der Waals surface area contributed by atoms with Crippen molar-refractivity contribution in [2.45, 2.75) is 38.8 Å². The maximum Gasteiger partial charge on any atom is 0.273 e. The van der Waals surface area contributed by atoms with E-state index in [1.54, 1.807) is 20.3 Å². The van der Waals surface area contributed by atoms with Crippen molar-refractivity contribution < 1.29 is 9.59 Å². The lowest BCUT2D eigenvalue weighted by atomic mass is 10.1. The van der Waals surface area contributed by atoms with Crippen LogP contribution in [-0.2, 0) is 11.3 Å². The van der Waals surface area contributed by atoms with Gasteiger partial charge in [0.15, 0.2) is 0 Å². The molecule has 3 rings (SSSR count). The molecule has 6 heteroatoms. The topological polar surface area (TPSA) is 58.4 Å². The monoisotopic (exact) mass is 290 g/mol. The molecule has 1 atom stereocenters. The summed E-state index contributed by atoms with van der Waals surface area (Å²) in [5, 5.41) is 0. The molecule has 1 saturated carbocycles.